The first-order valence-electron chi connectivity index (χ1n) is 5.15. The second-order valence-corrected chi connectivity index (χ2v) is 6.22. The predicted octanol–water partition coefficient (Wildman–Crippen LogP) is 1.27. The molecule has 4 nitrogen and oxygen atoms in total. The van der Waals surface area contributed by atoms with Gasteiger partial charge in [0, 0.05) is 12.3 Å². The molecule has 0 saturated carbocycles. The number of halogens is 1. The van der Waals surface area contributed by atoms with E-state index in [2.05, 4.69) is 0 Å². The van der Waals surface area contributed by atoms with Crippen molar-refractivity contribution in [1.82, 2.24) is 0 Å². The van der Waals surface area contributed by atoms with Crippen LogP contribution in [-0.4, -0.2) is 27.0 Å². The van der Waals surface area contributed by atoms with Crippen molar-refractivity contribution in [3.8, 4) is 5.75 Å². The van der Waals surface area contributed by atoms with Gasteiger partial charge >= 0.3 is 0 Å². The summed E-state index contributed by atoms with van der Waals surface area (Å²) in [4.78, 5) is 0. The zero-order valence-electron chi connectivity index (χ0n) is 9.81. The molecule has 0 saturated heterocycles. The van der Waals surface area contributed by atoms with Crippen molar-refractivity contribution in [3.05, 3.63) is 29.6 Å². The Kier molecular flexibility index (Phi) is 4.47. The number of benzene rings is 1. The van der Waals surface area contributed by atoms with Crippen molar-refractivity contribution in [2.45, 2.75) is 13.0 Å². The maximum absolute atomic E-state index is 13.5. The second-order valence-electron chi connectivity index (χ2n) is 3.96. The predicted molar refractivity (Wildman–Crippen MR) is 64.2 cm³/mol. The summed E-state index contributed by atoms with van der Waals surface area (Å²) in [6.07, 6.45) is 1.10. The van der Waals surface area contributed by atoms with Crippen LogP contribution in [0, 0.1) is 5.82 Å². The Morgan fingerprint density at radius 2 is 2.12 bits per heavy atom. The van der Waals surface area contributed by atoms with Gasteiger partial charge < -0.3 is 10.5 Å². The standard InChI is InChI=1S/C11H16FNO3S/c1-8(13)9-3-4-11(10(12)7-9)16-5-6-17(2,14)15/h3-4,7-8H,5-6,13H2,1-2H3/t8-/m1/s1. The summed E-state index contributed by atoms with van der Waals surface area (Å²) in [6.45, 7) is 1.69. The van der Waals surface area contributed by atoms with E-state index in [1.807, 2.05) is 0 Å². The highest BCUT2D eigenvalue weighted by Crippen LogP contribution is 2.21. The zero-order chi connectivity index (χ0) is 13.1. The van der Waals surface area contributed by atoms with E-state index in [9.17, 15) is 12.8 Å². The SMILES string of the molecule is C[C@@H](N)c1ccc(OCCS(C)(=O)=O)c(F)c1. The molecule has 96 valence electrons. The smallest absolute Gasteiger partial charge is 0.165 e. The van der Waals surface area contributed by atoms with Crippen LogP contribution in [0.1, 0.15) is 18.5 Å². The van der Waals surface area contributed by atoms with Gasteiger partial charge in [-0.3, -0.25) is 0 Å². The third kappa shape index (κ3) is 4.70. The average Bonchev–Trinajstić information content (AvgIpc) is 2.18. The topological polar surface area (TPSA) is 69.4 Å². The van der Waals surface area contributed by atoms with E-state index in [1.165, 1.54) is 12.1 Å². The molecular weight excluding hydrogens is 245 g/mol. The molecule has 17 heavy (non-hydrogen) atoms. The van der Waals surface area contributed by atoms with Crippen LogP contribution >= 0.6 is 0 Å². The lowest BCUT2D eigenvalue weighted by atomic mass is 10.1. The molecule has 1 rings (SSSR count). The Morgan fingerprint density at radius 1 is 1.47 bits per heavy atom. The van der Waals surface area contributed by atoms with Crippen molar-refractivity contribution >= 4 is 9.84 Å². The second kappa shape index (κ2) is 5.46. The van der Waals surface area contributed by atoms with Crippen molar-refractivity contribution in [1.29, 1.82) is 0 Å². The first-order chi connectivity index (χ1) is 7.79. The van der Waals surface area contributed by atoms with Crippen LogP contribution in [0.5, 0.6) is 5.75 Å². The van der Waals surface area contributed by atoms with Gasteiger partial charge in [-0.1, -0.05) is 6.07 Å². The molecule has 0 aromatic heterocycles. The summed E-state index contributed by atoms with van der Waals surface area (Å²) >= 11 is 0. The van der Waals surface area contributed by atoms with Gasteiger partial charge in [0.15, 0.2) is 21.4 Å². The Balaban J connectivity index is 2.67. The molecular formula is C11H16FNO3S. The van der Waals surface area contributed by atoms with Crippen LogP contribution in [0.25, 0.3) is 0 Å². The van der Waals surface area contributed by atoms with Gasteiger partial charge in [-0.2, -0.15) is 0 Å². The number of hydrogen-bond acceptors (Lipinski definition) is 4. The number of sulfone groups is 1. The number of hydrogen-bond donors (Lipinski definition) is 1. The first kappa shape index (κ1) is 13.9. The van der Waals surface area contributed by atoms with Crippen LogP contribution in [0.2, 0.25) is 0 Å². The Morgan fingerprint density at radius 3 is 2.59 bits per heavy atom. The molecule has 1 aromatic carbocycles. The summed E-state index contributed by atoms with van der Waals surface area (Å²) in [6, 6.07) is 4.15. The van der Waals surface area contributed by atoms with E-state index in [0.29, 0.717) is 5.56 Å². The number of ether oxygens (including phenoxy) is 1. The van der Waals surface area contributed by atoms with Crippen LogP contribution in [-0.2, 0) is 9.84 Å². The molecule has 1 atom stereocenters. The fourth-order valence-electron chi connectivity index (χ4n) is 1.22. The highest BCUT2D eigenvalue weighted by atomic mass is 32.2. The van der Waals surface area contributed by atoms with E-state index in [1.54, 1.807) is 13.0 Å². The van der Waals surface area contributed by atoms with Gasteiger partial charge in [0.1, 0.15) is 6.61 Å². The molecule has 2 N–H and O–H groups in total. The van der Waals surface area contributed by atoms with Gasteiger partial charge in [0.25, 0.3) is 0 Å². The molecule has 0 radical (unpaired) electrons. The van der Waals surface area contributed by atoms with Crippen LogP contribution in [0.15, 0.2) is 18.2 Å². The maximum Gasteiger partial charge on any atom is 0.165 e. The maximum atomic E-state index is 13.5. The van der Waals surface area contributed by atoms with Gasteiger partial charge in [0.05, 0.1) is 5.75 Å². The molecule has 0 bridgehead atoms. The summed E-state index contributed by atoms with van der Waals surface area (Å²) in [5.74, 6) is -0.632. The molecule has 0 unspecified atom stereocenters. The molecule has 1 aromatic rings. The van der Waals surface area contributed by atoms with Crippen LogP contribution in [0.3, 0.4) is 0 Å². The van der Waals surface area contributed by atoms with Crippen molar-refractivity contribution in [3.63, 3.8) is 0 Å². The average molecular weight is 261 g/mol. The van der Waals surface area contributed by atoms with E-state index < -0.39 is 15.7 Å². The van der Waals surface area contributed by atoms with Gasteiger partial charge in [0.2, 0.25) is 0 Å². The minimum Gasteiger partial charge on any atom is -0.489 e. The molecule has 0 fully saturated rings. The summed E-state index contributed by atoms with van der Waals surface area (Å²) in [7, 11) is -3.10. The van der Waals surface area contributed by atoms with E-state index in [0.717, 1.165) is 6.26 Å². The molecule has 0 aliphatic heterocycles. The highest BCUT2D eigenvalue weighted by molar-refractivity contribution is 7.90. The molecule has 0 aliphatic carbocycles. The Hall–Kier alpha value is -1.14. The monoisotopic (exact) mass is 261 g/mol. The van der Waals surface area contributed by atoms with Crippen molar-refractivity contribution in [2.24, 2.45) is 5.73 Å². The summed E-state index contributed by atoms with van der Waals surface area (Å²) < 4.78 is 40.3. The fourth-order valence-corrected chi connectivity index (χ4v) is 1.61. The number of nitrogens with two attached hydrogens (primary N) is 1. The minimum atomic E-state index is -3.10. The molecule has 0 heterocycles. The van der Waals surface area contributed by atoms with Crippen molar-refractivity contribution in [2.75, 3.05) is 18.6 Å². The minimum absolute atomic E-state index is 0.0399. The van der Waals surface area contributed by atoms with Crippen LogP contribution in [0.4, 0.5) is 4.39 Å². The Labute approximate surface area is 101 Å². The largest absolute Gasteiger partial charge is 0.489 e. The van der Waals surface area contributed by atoms with Gasteiger partial charge in [-0.15, -0.1) is 0 Å². The highest BCUT2D eigenvalue weighted by Gasteiger charge is 2.08. The van der Waals surface area contributed by atoms with Crippen LogP contribution < -0.4 is 10.5 Å². The molecule has 0 spiro atoms. The molecule has 0 amide bonds. The third-order valence-electron chi connectivity index (χ3n) is 2.19. The van der Waals surface area contributed by atoms with Gasteiger partial charge in [-0.25, -0.2) is 12.8 Å². The third-order valence-corrected chi connectivity index (χ3v) is 3.10. The summed E-state index contributed by atoms with van der Waals surface area (Å²) in [5.41, 5.74) is 6.27. The zero-order valence-corrected chi connectivity index (χ0v) is 10.6. The molecule has 0 aliphatic rings. The normalized spacial score (nSPS) is 13.4. The Bertz CT molecular complexity index is 485. The lowest BCUT2D eigenvalue weighted by Crippen LogP contribution is -2.13. The van der Waals surface area contributed by atoms with E-state index >= 15 is 0 Å². The van der Waals surface area contributed by atoms with E-state index in [-0.39, 0.29) is 24.2 Å². The van der Waals surface area contributed by atoms with Crippen molar-refractivity contribution < 1.29 is 17.5 Å². The fraction of sp³-hybridized carbons (Fsp3) is 0.455. The lowest BCUT2D eigenvalue weighted by Gasteiger charge is -2.10. The van der Waals surface area contributed by atoms with E-state index in [4.69, 9.17) is 10.5 Å². The summed E-state index contributed by atoms with van der Waals surface area (Å²) in [5, 5.41) is 0. The number of rotatable bonds is 5. The first-order valence-corrected chi connectivity index (χ1v) is 7.21. The molecule has 6 heteroatoms. The quantitative estimate of drug-likeness (QED) is 0.866. The lowest BCUT2D eigenvalue weighted by molar-refractivity contribution is 0.322. The van der Waals surface area contributed by atoms with Gasteiger partial charge in [-0.05, 0) is 24.6 Å².